The lowest BCUT2D eigenvalue weighted by Crippen LogP contribution is -2.38. The summed E-state index contributed by atoms with van der Waals surface area (Å²) in [6.07, 6.45) is -2.83. The number of amides is 1. The third-order valence-corrected chi connectivity index (χ3v) is 11.2. The van der Waals surface area contributed by atoms with Crippen LogP contribution >= 0.6 is 34.8 Å². The van der Waals surface area contributed by atoms with E-state index >= 15 is 8.78 Å². The number of rotatable bonds is 10. The van der Waals surface area contributed by atoms with E-state index in [9.17, 15) is 35.6 Å². The van der Waals surface area contributed by atoms with Crippen LogP contribution in [-0.2, 0) is 40.8 Å². The number of aryl methyl sites for hydroxylation is 1. The van der Waals surface area contributed by atoms with Crippen molar-refractivity contribution in [2.75, 3.05) is 11.0 Å². The van der Waals surface area contributed by atoms with E-state index in [-0.39, 0.29) is 71.8 Å². The van der Waals surface area contributed by atoms with Crippen molar-refractivity contribution in [2.45, 2.75) is 43.7 Å². The predicted molar refractivity (Wildman–Crippen MR) is 198 cm³/mol. The SMILES string of the molecule is Cn1nc(NS(C)(=O)=O)c2c(Cl)ccc(-n3c([C@H](Cc4cc(F)cc(F)c4)NC(=O)Cn4nc(C(F)F)c5c4C(F)(F)[C@@H]4C[C@H]54)nc4cc(Cl)cc(Cl)c4c3=O)c21. The normalized spacial score (nSPS) is 17.6. The van der Waals surface area contributed by atoms with Gasteiger partial charge in [-0.25, -0.2) is 31.0 Å². The maximum Gasteiger partial charge on any atom is 0.293 e. The van der Waals surface area contributed by atoms with Crippen molar-refractivity contribution in [2.24, 2.45) is 13.0 Å². The van der Waals surface area contributed by atoms with Gasteiger partial charge in [0, 0.05) is 36.0 Å². The van der Waals surface area contributed by atoms with Gasteiger partial charge in [-0.1, -0.05) is 34.8 Å². The molecule has 1 saturated carbocycles. The fraction of sp³-hybridized carbons (Fsp3) is 0.286. The molecule has 6 aromatic rings. The van der Waals surface area contributed by atoms with Crippen LogP contribution in [0.5, 0.6) is 0 Å². The highest BCUT2D eigenvalue weighted by Crippen LogP contribution is 2.68. The first kappa shape index (κ1) is 39.0. The van der Waals surface area contributed by atoms with Crippen LogP contribution in [0.1, 0.15) is 53.1 Å². The number of hydrogen-bond acceptors (Lipinski definition) is 7. The number of benzene rings is 3. The van der Waals surface area contributed by atoms with Crippen molar-refractivity contribution in [3.63, 3.8) is 0 Å². The van der Waals surface area contributed by atoms with Crippen LogP contribution in [0.2, 0.25) is 15.1 Å². The summed E-state index contributed by atoms with van der Waals surface area (Å²) in [6.45, 7) is -0.999. The van der Waals surface area contributed by atoms with Gasteiger partial charge in [0.1, 0.15) is 35.4 Å². The number of nitrogens with one attached hydrogen (secondary N) is 2. The molecule has 1 amide bonds. The first-order chi connectivity index (χ1) is 26.7. The number of sulfonamides is 1. The van der Waals surface area contributed by atoms with Gasteiger partial charge in [0.25, 0.3) is 17.9 Å². The van der Waals surface area contributed by atoms with Crippen LogP contribution in [-0.4, -0.2) is 49.7 Å². The number of alkyl halides is 4. The Kier molecular flexibility index (Phi) is 9.33. The number of carbonyl (C=O) groups excluding carboxylic acids is 1. The molecule has 2 aliphatic carbocycles. The Morgan fingerprint density at radius 1 is 1.02 bits per heavy atom. The topological polar surface area (TPSA) is 146 Å². The number of hydrogen-bond donors (Lipinski definition) is 2. The molecule has 0 saturated heterocycles. The molecule has 0 aliphatic heterocycles. The fourth-order valence-corrected chi connectivity index (χ4v) is 8.93. The van der Waals surface area contributed by atoms with E-state index in [0.717, 1.165) is 23.0 Å². The molecule has 8 rings (SSSR count). The molecule has 0 radical (unpaired) electrons. The summed E-state index contributed by atoms with van der Waals surface area (Å²) in [5.74, 6) is -9.19. The second kappa shape index (κ2) is 13.6. The van der Waals surface area contributed by atoms with Crippen LogP contribution in [0.4, 0.5) is 32.2 Å². The molecule has 0 unspecified atom stereocenters. The molecule has 22 heteroatoms. The first-order valence-corrected chi connectivity index (χ1v) is 19.8. The number of aromatic nitrogens is 6. The van der Waals surface area contributed by atoms with Gasteiger partial charge in [-0.05, 0) is 54.3 Å². The summed E-state index contributed by atoms with van der Waals surface area (Å²) in [5, 5.41) is 10.3. The van der Waals surface area contributed by atoms with Crippen molar-refractivity contribution < 1.29 is 39.6 Å². The van der Waals surface area contributed by atoms with Crippen molar-refractivity contribution >= 4 is 78.4 Å². The number of nitrogens with zero attached hydrogens (tertiary/aromatic N) is 6. The van der Waals surface area contributed by atoms with E-state index in [1.54, 1.807) is 0 Å². The molecule has 3 atom stereocenters. The third-order valence-electron chi connectivity index (χ3n) is 9.82. The van der Waals surface area contributed by atoms with Gasteiger partial charge in [-0.3, -0.25) is 28.2 Å². The molecular weight excluding hydrogens is 849 g/mol. The first-order valence-electron chi connectivity index (χ1n) is 16.8. The van der Waals surface area contributed by atoms with Crippen molar-refractivity contribution in [3.8, 4) is 5.69 Å². The molecule has 57 heavy (non-hydrogen) atoms. The highest BCUT2D eigenvalue weighted by Gasteiger charge is 2.67. The lowest BCUT2D eigenvalue weighted by Gasteiger charge is -2.24. The molecule has 0 spiro atoms. The smallest absolute Gasteiger partial charge is 0.293 e. The molecule has 3 heterocycles. The summed E-state index contributed by atoms with van der Waals surface area (Å²) < 4.78 is 118. The van der Waals surface area contributed by atoms with Gasteiger partial charge in [-0.2, -0.15) is 19.0 Å². The number of anilines is 1. The summed E-state index contributed by atoms with van der Waals surface area (Å²) in [4.78, 5) is 33.3. The lowest BCUT2D eigenvalue weighted by molar-refractivity contribution is -0.123. The number of halogens is 9. The Balaban J connectivity index is 1.34. The van der Waals surface area contributed by atoms with Crippen LogP contribution in [0.15, 0.2) is 47.3 Å². The molecule has 298 valence electrons. The second-order valence-corrected chi connectivity index (χ2v) is 16.8. The Hall–Kier alpha value is -4.85. The van der Waals surface area contributed by atoms with E-state index in [4.69, 9.17) is 34.8 Å². The average molecular weight is 874 g/mol. The summed E-state index contributed by atoms with van der Waals surface area (Å²) >= 11 is 19.4. The van der Waals surface area contributed by atoms with Gasteiger partial charge in [0.15, 0.2) is 5.82 Å². The van der Waals surface area contributed by atoms with Gasteiger partial charge >= 0.3 is 0 Å². The van der Waals surface area contributed by atoms with Crippen LogP contribution in [0.3, 0.4) is 0 Å². The van der Waals surface area contributed by atoms with Gasteiger partial charge in [0.2, 0.25) is 15.9 Å². The lowest BCUT2D eigenvalue weighted by atomic mass is 10.0. The Labute approximate surface area is 332 Å². The minimum Gasteiger partial charge on any atom is -0.344 e. The van der Waals surface area contributed by atoms with Crippen LogP contribution in [0.25, 0.3) is 27.5 Å². The number of fused-ring (bicyclic) bond motifs is 5. The molecule has 1 fully saturated rings. The highest BCUT2D eigenvalue weighted by molar-refractivity contribution is 7.92. The summed E-state index contributed by atoms with van der Waals surface area (Å²) in [5.41, 5.74) is -2.95. The van der Waals surface area contributed by atoms with E-state index in [1.165, 1.54) is 36.0 Å². The molecule has 3 aromatic heterocycles. The van der Waals surface area contributed by atoms with Crippen molar-refractivity contribution in [3.05, 3.63) is 108 Å². The molecule has 2 N–H and O–H groups in total. The Morgan fingerprint density at radius 3 is 2.39 bits per heavy atom. The zero-order valence-corrected chi connectivity index (χ0v) is 32.2. The van der Waals surface area contributed by atoms with Gasteiger partial charge in [-0.15, -0.1) is 0 Å². The third kappa shape index (κ3) is 6.76. The highest BCUT2D eigenvalue weighted by atomic mass is 35.5. The minimum atomic E-state index is -3.91. The molecule has 12 nitrogen and oxygen atoms in total. The fourth-order valence-electron chi connectivity index (χ4n) is 7.63. The molecule has 3 aromatic carbocycles. The van der Waals surface area contributed by atoms with Crippen molar-refractivity contribution in [1.29, 1.82) is 0 Å². The zero-order valence-electron chi connectivity index (χ0n) is 29.1. The van der Waals surface area contributed by atoms with Crippen LogP contribution in [0, 0.1) is 17.6 Å². The minimum absolute atomic E-state index is 0.00519. The monoisotopic (exact) mass is 872 g/mol. The molecule has 0 bridgehead atoms. The van der Waals surface area contributed by atoms with E-state index in [0.29, 0.717) is 10.7 Å². The van der Waals surface area contributed by atoms with Gasteiger partial charge in [0.05, 0.1) is 49.8 Å². The standard InChI is InChI=1S/C35H25Cl3F6N8O4S/c1-50-29-23(4-3-19(37)27(29)32(48-50)49-57(2,55)56)52-33(46-21-9-14(36)8-20(38)26(21)34(52)54)22(7-13-5-15(39)10-16(40)6-13)45-24(53)12-51-30-25(28(47-51)31(41)42)17-11-18(17)35(30,43)44/h3-6,8-10,17-18,22,31H,7,11-12H2,1-2H3,(H,45,53)(H,48,49)/t17-,18+,22-/m0/s1. The Bertz CT molecular complexity index is 2870. The van der Waals surface area contributed by atoms with E-state index in [1.807, 2.05) is 0 Å². The predicted octanol–water partition coefficient (Wildman–Crippen LogP) is 7.33. The summed E-state index contributed by atoms with van der Waals surface area (Å²) in [7, 11) is -2.49. The number of carbonyl (C=O) groups is 1. The largest absolute Gasteiger partial charge is 0.344 e. The van der Waals surface area contributed by atoms with E-state index in [2.05, 4.69) is 25.2 Å². The average Bonchev–Trinajstić information content (AvgIpc) is 3.63. The molecule has 2 aliphatic rings. The zero-order chi connectivity index (χ0) is 41.0. The maximum absolute atomic E-state index is 15.4. The second-order valence-electron chi connectivity index (χ2n) is 13.8. The van der Waals surface area contributed by atoms with Gasteiger partial charge < -0.3 is 5.32 Å². The Morgan fingerprint density at radius 2 is 1.72 bits per heavy atom. The van der Waals surface area contributed by atoms with E-state index < -0.39 is 87.7 Å². The molecular formula is C35H25Cl3F6N8O4S. The maximum atomic E-state index is 15.4. The summed E-state index contributed by atoms with van der Waals surface area (Å²) in [6, 6.07) is 6.22. The quantitative estimate of drug-likeness (QED) is 0.137. The van der Waals surface area contributed by atoms with Crippen molar-refractivity contribution in [1.82, 2.24) is 34.4 Å². The van der Waals surface area contributed by atoms with Crippen LogP contribution < -0.4 is 15.6 Å².